The van der Waals surface area contributed by atoms with Gasteiger partial charge in [0, 0.05) is 15.8 Å². The van der Waals surface area contributed by atoms with Crippen LogP contribution in [0.15, 0.2) is 66.7 Å². The number of carbonyl (C=O) groups is 1. The molecular formula is C26H23ClN2O2S2. The van der Waals surface area contributed by atoms with Gasteiger partial charge in [0.15, 0.2) is 5.11 Å². The summed E-state index contributed by atoms with van der Waals surface area (Å²) in [7, 11) is 0. The second-order valence-electron chi connectivity index (χ2n) is 7.80. The van der Waals surface area contributed by atoms with Crippen molar-refractivity contribution in [3.8, 4) is 0 Å². The van der Waals surface area contributed by atoms with E-state index in [-0.39, 0.29) is 17.6 Å². The molecule has 0 spiro atoms. The van der Waals surface area contributed by atoms with Crippen LogP contribution in [0.2, 0.25) is 5.02 Å². The molecule has 0 aliphatic rings. The monoisotopic (exact) mass is 494 g/mol. The van der Waals surface area contributed by atoms with Crippen molar-refractivity contribution in [1.29, 1.82) is 0 Å². The molecule has 7 heteroatoms. The van der Waals surface area contributed by atoms with Gasteiger partial charge < -0.3 is 10.0 Å². The van der Waals surface area contributed by atoms with E-state index in [1.54, 1.807) is 0 Å². The molecule has 1 heterocycles. The maximum absolute atomic E-state index is 13.2. The summed E-state index contributed by atoms with van der Waals surface area (Å²) in [4.78, 5) is 15.5. The minimum atomic E-state index is -0.336. The summed E-state index contributed by atoms with van der Waals surface area (Å²) in [6.07, 6.45) is 0. The van der Waals surface area contributed by atoms with Crippen molar-refractivity contribution in [2.45, 2.75) is 27.0 Å². The van der Waals surface area contributed by atoms with Crippen LogP contribution in [0, 0.1) is 13.8 Å². The number of rotatable bonds is 5. The molecule has 0 fully saturated rings. The van der Waals surface area contributed by atoms with Gasteiger partial charge in [-0.15, -0.1) is 11.3 Å². The van der Waals surface area contributed by atoms with Crippen LogP contribution in [0.4, 0.5) is 5.69 Å². The van der Waals surface area contributed by atoms with Gasteiger partial charge in [-0.25, -0.2) is 0 Å². The first-order valence-electron chi connectivity index (χ1n) is 10.4. The average Bonchev–Trinajstić information content (AvgIpc) is 3.16. The highest BCUT2D eigenvalue weighted by Crippen LogP contribution is 2.35. The van der Waals surface area contributed by atoms with Gasteiger partial charge in [-0.05, 0) is 60.5 Å². The largest absolute Gasteiger partial charge is 0.392 e. The molecule has 4 rings (SSSR count). The number of nitrogens with one attached hydrogen (secondary N) is 1. The lowest BCUT2D eigenvalue weighted by Crippen LogP contribution is -2.42. The molecule has 0 bridgehead atoms. The molecule has 0 unspecified atom stereocenters. The van der Waals surface area contributed by atoms with Crippen molar-refractivity contribution in [2.24, 2.45) is 0 Å². The third-order valence-corrected chi connectivity index (χ3v) is 7.48. The van der Waals surface area contributed by atoms with Crippen LogP contribution in [-0.4, -0.2) is 16.1 Å². The number of fused-ring (bicyclic) bond motifs is 1. The fourth-order valence-corrected chi connectivity index (χ4v) is 5.36. The third kappa shape index (κ3) is 4.94. The van der Waals surface area contributed by atoms with Crippen LogP contribution in [0.1, 0.15) is 31.9 Å². The van der Waals surface area contributed by atoms with Crippen molar-refractivity contribution in [3.05, 3.63) is 98.9 Å². The standard InChI is InChI=1S/C26H23ClN2O2S2/c1-16-11-12-17(2)21(13-16)29(14-18-7-3-4-8-19(18)15-30)26(32)28-25(31)24-23(27)20-9-5-6-10-22(20)33-24/h3-13,30H,14-15H2,1-2H3,(H,28,31,32). The van der Waals surface area contributed by atoms with Crippen LogP contribution >= 0.6 is 35.2 Å². The second-order valence-corrected chi connectivity index (χ2v) is 9.62. The van der Waals surface area contributed by atoms with Crippen LogP contribution in [0.5, 0.6) is 0 Å². The minimum absolute atomic E-state index is 0.0761. The van der Waals surface area contributed by atoms with E-state index >= 15 is 0 Å². The van der Waals surface area contributed by atoms with E-state index in [2.05, 4.69) is 5.32 Å². The molecule has 33 heavy (non-hydrogen) atoms. The van der Waals surface area contributed by atoms with E-state index in [0.717, 1.165) is 38.0 Å². The maximum atomic E-state index is 13.2. The molecule has 0 aliphatic heterocycles. The number of hydrogen-bond donors (Lipinski definition) is 2. The SMILES string of the molecule is Cc1ccc(C)c(N(Cc2ccccc2CO)C(=S)NC(=O)c2sc3ccccc3c2Cl)c1. The minimum Gasteiger partial charge on any atom is -0.392 e. The van der Waals surface area contributed by atoms with Gasteiger partial charge in [0.1, 0.15) is 4.88 Å². The van der Waals surface area contributed by atoms with Gasteiger partial charge >= 0.3 is 0 Å². The zero-order chi connectivity index (χ0) is 23.5. The number of amides is 1. The number of anilines is 1. The number of carbonyl (C=O) groups excluding carboxylic acids is 1. The van der Waals surface area contributed by atoms with Gasteiger partial charge in [0.2, 0.25) is 0 Å². The number of aliphatic hydroxyl groups excluding tert-OH is 1. The third-order valence-electron chi connectivity index (χ3n) is 5.48. The molecular weight excluding hydrogens is 472 g/mol. The highest BCUT2D eigenvalue weighted by molar-refractivity contribution is 7.80. The van der Waals surface area contributed by atoms with Gasteiger partial charge in [-0.1, -0.05) is 66.2 Å². The Labute approximate surface area is 207 Å². The predicted molar refractivity (Wildman–Crippen MR) is 141 cm³/mol. The van der Waals surface area contributed by atoms with E-state index in [1.165, 1.54) is 11.3 Å². The molecule has 0 radical (unpaired) electrons. The molecule has 4 nitrogen and oxygen atoms in total. The summed E-state index contributed by atoms with van der Waals surface area (Å²) in [5.74, 6) is -0.336. The lowest BCUT2D eigenvalue weighted by Gasteiger charge is -2.28. The first kappa shape index (κ1) is 23.4. The summed E-state index contributed by atoms with van der Waals surface area (Å²) in [5.41, 5.74) is 4.75. The topological polar surface area (TPSA) is 52.6 Å². The van der Waals surface area contributed by atoms with E-state index < -0.39 is 0 Å². The molecule has 0 saturated carbocycles. The van der Waals surface area contributed by atoms with E-state index in [0.29, 0.717) is 16.4 Å². The average molecular weight is 495 g/mol. The molecule has 4 aromatic rings. The molecule has 1 amide bonds. The molecule has 2 N–H and O–H groups in total. The lowest BCUT2D eigenvalue weighted by atomic mass is 10.1. The van der Waals surface area contributed by atoms with Gasteiger partial charge in [-0.2, -0.15) is 0 Å². The maximum Gasteiger partial charge on any atom is 0.269 e. The van der Waals surface area contributed by atoms with Crippen LogP contribution in [-0.2, 0) is 13.2 Å². The smallest absolute Gasteiger partial charge is 0.269 e. The Morgan fingerprint density at radius 3 is 2.48 bits per heavy atom. The van der Waals surface area contributed by atoms with Crippen LogP contribution in [0.3, 0.4) is 0 Å². The number of benzene rings is 3. The van der Waals surface area contributed by atoms with Gasteiger partial charge in [0.25, 0.3) is 5.91 Å². The van der Waals surface area contributed by atoms with E-state index in [9.17, 15) is 9.90 Å². The highest BCUT2D eigenvalue weighted by atomic mass is 35.5. The number of nitrogens with zero attached hydrogens (tertiary/aromatic N) is 1. The Bertz CT molecular complexity index is 1350. The quantitative estimate of drug-likeness (QED) is 0.316. The number of aliphatic hydroxyl groups is 1. The normalized spacial score (nSPS) is 10.9. The van der Waals surface area contributed by atoms with Crippen LogP contribution in [0.25, 0.3) is 10.1 Å². The van der Waals surface area contributed by atoms with Crippen molar-refractivity contribution in [3.63, 3.8) is 0 Å². The van der Waals surface area contributed by atoms with Gasteiger partial charge in [0.05, 0.1) is 18.2 Å². The highest BCUT2D eigenvalue weighted by Gasteiger charge is 2.22. The Hall–Kier alpha value is -2.77. The molecule has 1 aromatic heterocycles. The van der Waals surface area contributed by atoms with E-state index in [4.69, 9.17) is 23.8 Å². The Morgan fingerprint density at radius 1 is 1.06 bits per heavy atom. The zero-order valence-corrected chi connectivity index (χ0v) is 20.7. The Balaban J connectivity index is 1.68. The summed E-state index contributed by atoms with van der Waals surface area (Å²) >= 11 is 13.6. The van der Waals surface area contributed by atoms with Crippen molar-refractivity contribution in [2.75, 3.05) is 4.90 Å². The Kier molecular flexibility index (Phi) is 7.10. The summed E-state index contributed by atoms with van der Waals surface area (Å²) in [6, 6.07) is 21.4. The molecule has 0 atom stereocenters. The number of halogens is 1. The zero-order valence-electron chi connectivity index (χ0n) is 18.3. The molecule has 0 saturated heterocycles. The second kappa shape index (κ2) is 10.0. The summed E-state index contributed by atoms with van der Waals surface area (Å²) in [5, 5.41) is 14.2. The van der Waals surface area contributed by atoms with Gasteiger partial charge in [-0.3, -0.25) is 10.1 Å². The predicted octanol–water partition coefficient (Wildman–Crippen LogP) is 6.39. The molecule has 0 aliphatic carbocycles. The fraction of sp³-hybridized carbons (Fsp3) is 0.154. The first-order chi connectivity index (χ1) is 15.9. The summed E-state index contributed by atoms with van der Waals surface area (Å²) < 4.78 is 0.946. The van der Waals surface area contributed by atoms with Crippen molar-refractivity contribution in [1.82, 2.24) is 5.32 Å². The number of thiocarbonyl (C=S) groups is 1. The van der Waals surface area contributed by atoms with E-state index in [1.807, 2.05) is 85.5 Å². The molecule has 168 valence electrons. The lowest BCUT2D eigenvalue weighted by molar-refractivity contribution is 0.0981. The molecule has 3 aromatic carbocycles. The number of hydrogen-bond acceptors (Lipinski definition) is 4. The van der Waals surface area contributed by atoms with Crippen molar-refractivity contribution < 1.29 is 9.90 Å². The Morgan fingerprint density at radius 2 is 1.76 bits per heavy atom. The number of aryl methyl sites for hydroxylation is 2. The van der Waals surface area contributed by atoms with Crippen LogP contribution < -0.4 is 10.2 Å². The first-order valence-corrected chi connectivity index (χ1v) is 12.0. The number of thiophene rings is 1. The summed E-state index contributed by atoms with van der Waals surface area (Å²) in [6.45, 7) is 4.35. The fourth-order valence-electron chi connectivity index (χ4n) is 3.69. The van der Waals surface area contributed by atoms with Crippen molar-refractivity contribution >= 4 is 61.9 Å².